The van der Waals surface area contributed by atoms with E-state index in [4.69, 9.17) is 14.2 Å². The highest BCUT2D eigenvalue weighted by atomic mass is 32.2. The maximum absolute atomic E-state index is 12.8. The van der Waals surface area contributed by atoms with Gasteiger partial charge in [-0.25, -0.2) is 0 Å². The second-order valence-corrected chi connectivity index (χ2v) is 7.06. The maximum atomic E-state index is 12.8. The van der Waals surface area contributed by atoms with Gasteiger partial charge >= 0.3 is 0 Å². The average molecular weight is 410 g/mol. The van der Waals surface area contributed by atoms with Crippen LogP contribution in [-0.4, -0.2) is 32.2 Å². The van der Waals surface area contributed by atoms with Gasteiger partial charge in [-0.05, 0) is 48.0 Å². The third-order valence-electron chi connectivity index (χ3n) is 4.19. The molecule has 1 aromatic heterocycles. The standard InChI is InChI=1S/C22H22N2O4S/c1-26-19-11-10-18(20(27-2)21(19)28-3)22(25)24-16-6-8-17(9-7-16)29-14-15-5-4-12-23-13-15/h4-13H,14H2,1-3H3,(H,24,25). The Morgan fingerprint density at radius 1 is 0.966 bits per heavy atom. The molecule has 6 nitrogen and oxygen atoms in total. The highest BCUT2D eigenvalue weighted by Gasteiger charge is 2.20. The Hall–Kier alpha value is -3.19. The molecular formula is C22H22N2O4S. The van der Waals surface area contributed by atoms with Crippen molar-refractivity contribution in [2.75, 3.05) is 26.6 Å². The smallest absolute Gasteiger partial charge is 0.259 e. The summed E-state index contributed by atoms with van der Waals surface area (Å²) in [4.78, 5) is 18.0. The number of hydrogen-bond donors (Lipinski definition) is 1. The van der Waals surface area contributed by atoms with Crippen LogP contribution >= 0.6 is 11.8 Å². The molecule has 0 radical (unpaired) electrons. The minimum Gasteiger partial charge on any atom is -0.493 e. The molecule has 0 aliphatic rings. The molecule has 3 aromatic rings. The predicted molar refractivity (Wildman–Crippen MR) is 114 cm³/mol. The second kappa shape index (κ2) is 9.84. The summed E-state index contributed by atoms with van der Waals surface area (Å²) in [6.45, 7) is 0. The van der Waals surface area contributed by atoms with Crippen LogP contribution in [0.25, 0.3) is 0 Å². The summed E-state index contributed by atoms with van der Waals surface area (Å²) in [6.07, 6.45) is 3.62. The number of carbonyl (C=O) groups is 1. The fourth-order valence-electron chi connectivity index (χ4n) is 2.76. The molecule has 0 fully saturated rings. The first-order chi connectivity index (χ1) is 14.2. The zero-order valence-corrected chi connectivity index (χ0v) is 17.3. The molecule has 0 aliphatic heterocycles. The van der Waals surface area contributed by atoms with Crippen molar-refractivity contribution in [2.24, 2.45) is 0 Å². The Kier molecular flexibility index (Phi) is 6.97. The van der Waals surface area contributed by atoms with Gasteiger partial charge in [-0.3, -0.25) is 9.78 Å². The van der Waals surface area contributed by atoms with Gasteiger partial charge in [0.25, 0.3) is 5.91 Å². The lowest BCUT2D eigenvalue weighted by Crippen LogP contribution is -2.14. The van der Waals surface area contributed by atoms with Crippen molar-refractivity contribution in [1.29, 1.82) is 0 Å². The van der Waals surface area contributed by atoms with E-state index in [1.807, 2.05) is 42.6 Å². The molecule has 2 aromatic carbocycles. The molecular weight excluding hydrogens is 388 g/mol. The molecule has 0 aliphatic carbocycles. The molecule has 0 saturated carbocycles. The number of carbonyl (C=O) groups excluding carboxylic acids is 1. The molecule has 1 amide bonds. The molecule has 0 bridgehead atoms. The Morgan fingerprint density at radius 3 is 2.34 bits per heavy atom. The number of ether oxygens (including phenoxy) is 3. The molecule has 3 rings (SSSR count). The van der Waals surface area contributed by atoms with Gasteiger partial charge in [0.05, 0.1) is 26.9 Å². The number of anilines is 1. The lowest BCUT2D eigenvalue weighted by Gasteiger charge is -2.15. The van der Waals surface area contributed by atoms with Crippen molar-refractivity contribution in [3.05, 3.63) is 72.1 Å². The number of pyridine rings is 1. The van der Waals surface area contributed by atoms with Gasteiger partial charge in [0.1, 0.15) is 0 Å². The van der Waals surface area contributed by atoms with Crippen LogP contribution in [0, 0.1) is 0 Å². The molecule has 0 unspecified atom stereocenters. The van der Waals surface area contributed by atoms with Crippen molar-refractivity contribution < 1.29 is 19.0 Å². The Bertz CT molecular complexity index is 963. The summed E-state index contributed by atoms with van der Waals surface area (Å²) >= 11 is 1.71. The lowest BCUT2D eigenvalue weighted by molar-refractivity contribution is 0.102. The maximum Gasteiger partial charge on any atom is 0.259 e. The van der Waals surface area contributed by atoms with Crippen LogP contribution in [0.1, 0.15) is 15.9 Å². The number of thioether (sulfide) groups is 1. The van der Waals surface area contributed by atoms with Gasteiger partial charge in [0.15, 0.2) is 11.5 Å². The van der Waals surface area contributed by atoms with E-state index in [0.29, 0.717) is 28.5 Å². The Balaban J connectivity index is 1.69. The quantitative estimate of drug-likeness (QED) is 0.545. The van der Waals surface area contributed by atoms with Crippen molar-refractivity contribution in [1.82, 2.24) is 4.98 Å². The van der Waals surface area contributed by atoms with E-state index >= 15 is 0 Å². The summed E-state index contributed by atoms with van der Waals surface area (Å²) in [5.41, 5.74) is 2.22. The molecule has 7 heteroatoms. The van der Waals surface area contributed by atoms with Gasteiger partial charge in [0, 0.05) is 28.7 Å². The van der Waals surface area contributed by atoms with Gasteiger partial charge in [-0.15, -0.1) is 11.8 Å². The minimum atomic E-state index is -0.293. The van der Waals surface area contributed by atoms with Crippen molar-refractivity contribution in [3.8, 4) is 17.2 Å². The topological polar surface area (TPSA) is 69.7 Å². The number of amides is 1. The molecule has 1 heterocycles. The molecule has 0 atom stereocenters. The number of aromatic nitrogens is 1. The van der Waals surface area contributed by atoms with Crippen molar-refractivity contribution in [2.45, 2.75) is 10.6 Å². The molecule has 29 heavy (non-hydrogen) atoms. The molecule has 0 saturated heterocycles. The van der Waals surface area contributed by atoms with Crippen LogP contribution < -0.4 is 19.5 Å². The van der Waals surface area contributed by atoms with E-state index in [1.165, 1.54) is 21.3 Å². The summed E-state index contributed by atoms with van der Waals surface area (Å²) < 4.78 is 16.0. The summed E-state index contributed by atoms with van der Waals surface area (Å²) in [7, 11) is 4.53. The monoisotopic (exact) mass is 410 g/mol. The minimum absolute atomic E-state index is 0.293. The van der Waals surface area contributed by atoms with Gasteiger partial charge in [-0.1, -0.05) is 6.07 Å². The third-order valence-corrected chi connectivity index (χ3v) is 5.27. The highest BCUT2D eigenvalue weighted by molar-refractivity contribution is 7.98. The van der Waals surface area contributed by atoms with Crippen molar-refractivity contribution >= 4 is 23.4 Å². The van der Waals surface area contributed by atoms with E-state index in [0.717, 1.165) is 16.2 Å². The number of nitrogens with one attached hydrogen (secondary N) is 1. The number of methoxy groups -OCH3 is 3. The van der Waals surface area contributed by atoms with Gasteiger partial charge in [0.2, 0.25) is 5.75 Å². The largest absolute Gasteiger partial charge is 0.493 e. The van der Waals surface area contributed by atoms with E-state index in [9.17, 15) is 4.79 Å². The zero-order chi connectivity index (χ0) is 20.6. The van der Waals surface area contributed by atoms with Crippen LogP contribution in [-0.2, 0) is 5.75 Å². The second-order valence-electron chi connectivity index (χ2n) is 6.01. The zero-order valence-electron chi connectivity index (χ0n) is 16.5. The van der Waals surface area contributed by atoms with E-state index in [1.54, 1.807) is 30.1 Å². The number of nitrogens with zero attached hydrogens (tertiary/aromatic N) is 1. The third kappa shape index (κ3) is 5.00. The Labute approximate surface area is 174 Å². The van der Waals surface area contributed by atoms with Gasteiger partial charge in [-0.2, -0.15) is 0 Å². The molecule has 1 N–H and O–H groups in total. The first kappa shape index (κ1) is 20.5. The fourth-order valence-corrected chi connectivity index (χ4v) is 3.60. The van der Waals surface area contributed by atoms with E-state index < -0.39 is 0 Å². The van der Waals surface area contributed by atoms with Crippen molar-refractivity contribution in [3.63, 3.8) is 0 Å². The Morgan fingerprint density at radius 2 is 1.72 bits per heavy atom. The SMILES string of the molecule is COc1ccc(C(=O)Nc2ccc(SCc3cccnc3)cc2)c(OC)c1OC. The number of hydrogen-bond acceptors (Lipinski definition) is 6. The highest BCUT2D eigenvalue weighted by Crippen LogP contribution is 2.40. The van der Waals surface area contributed by atoms with E-state index in [2.05, 4.69) is 10.3 Å². The van der Waals surface area contributed by atoms with Gasteiger partial charge < -0.3 is 19.5 Å². The van der Waals surface area contributed by atoms with Crippen LogP contribution in [0.4, 0.5) is 5.69 Å². The number of rotatable bonds is 8. The van der Waals surface area contributed by atoms with Crippen LogP contribution in [0.2, 0.25) is 0 Å². The van der Waals surface area contributed by atoms with Crippen LogP contribution in [0.5, 0.6) is 17.2 Å². The first-order valence-corrected chi connectivity index (χ1v) is 9.87. The van der Waals surface area contributed by atoms with Crippen LogP contribution in [0.3, 0.4) is 0 Å². The summed E-state index contributed by atoms with van der Waals surface area (Å²) in [6, 6.07) is 15.0. The van der Waals surface area contributed by atoms with E-state index in [-0.39, 0.29) is 5.91 Å². The lowest BCUT2D eigenvalue weighted by atomic mass is 10.1. The summed E-state index contributed by atoms with van der Waals surface area (Å²) in [5.74, 6) is 1.75. The average Bonchev–Trinajstić information content (AvgIpc) is 2.78. The number of benzene rings is 2. The molecule has 0 spiro atoms. The summed E-state index contributed by atoms with van der Waals surface area (Å²) in [5, 5.41) is 2.89. The van der Waals surface area contributed by atoms with Crippen LogP contribution in [0.15, 0.2) is 65.8 Å². The fraction of sp³-hybridized carbons (Fsp3) is 0.182. The molecule has 150 valence electrons. The first-order valence-electron chi connectivity index (χ1n) is 8.88. The predicted octanol–water partition coefficient (Wildman–Crippen LogP) is 4.65. The normalized spacial score (nSPS) is 10.3.